The fraction of sp³-hybridized carbons (Fsp3) is 0.933. The van der Waals surface area contributed by atoms with E-state index in [1.54, 1.807) is 0 Å². The molecule has 3 fully saturated rings. The molecule has 3 nitrogen and oxygen atoms in total. The van der Waals surface area contributed by atoms with Crippen molar-refractivity contribution in [1.29, 1.82) is 0 Å². The SMILES string of the molecule is NC1CCCC2CN(C(=O)CC3CCSCC3)CC12. The zero-order valence-corrected chi connectivity index (χ0v) is 12.5. The van der Waals surface area contributed by atoms with E-state index in [9.17, 15) is 4.79 Å². The van der Waals surface area contributed by atoms with Gasteiger partial charge in [0.1, 0.15) is 0 Å². The zero-order valence-electron chi connectivity index (χ0n) is 11.7. The van der Waals surface area contributed by atoms with E-state index in [4.69, 9.17) is 5.73 Å². The molecule has 0 bridgehead atoms. The van der Waals surface area contributed by atoms with E-state index in [1.807, 2.05) is 11.8 Å². The quantitative estimate of drug-likeness (QED) is 0.844. The van der Waals surface area contributed by atoms with Gasteiger partial charge in [0, 0.05) is 25.6 Å². The molecule has 2 N–H and O–H groups in total. The standard InChI is InChI=1S/C15H26N2OS/c16-14-3-1-2-12-9-17(10-13(12)14)15(18)8-11-4-6-19-7-5-11/h11-14H,1-10,16H2. The Labute approximate surface area is 120 Å². The van der Waals surface area contributed by atoms with Crippen molar-refractivity contribution in [1.82, 2.24) is 4.90 Å². The van der Waals surface area contributed by atoms with E-state index in [-0.39, 0.29) is 0 Å². The summed E-state index contributed by atoms with van der Waals surface area (Å²) >= 11 is 2.03. The summed E-state index contributed by atoms with van der Waals surface area (Å²) < 4.78 is 0. The van der Waals surface area contributed by atoms with Crippen LogP contribution < -0.4 is 5.73 Å². The Morgan fingerprint density at radius 3 is 2.68 bits per heavy atom. The van der Waals surface area contributed by atoms with Gasteiger partial charge < -0.3 is 10.6 Å². The number of nitrogens with zero attached hydrogens (tertiary/aromatic N) is 1. The number of carbonyl (C=O) groups excluding carboxylic acids is 1. The Balaban J connectivity index is 1.53. The van der Waals surface area contributed by atoms with Gasteiger partial charge in [0.25, 0.3) is 0 Å². The highest BCUT2D eigenvalue weighted by Gasteiger charge is 2.40. The summed E-state index contributed by atoms with van der Waals surface area (Å²) in [6.45, 7) is 1.92. The normalized spacial score (nSPS) is 36.3. The highest BCUT2D eigenvalue weighted by atomic mass is 32.2. The minimum Gasteiger partial charge on any atom is -0.342 e. The largest absolute Gasteiger partial charge is 0.342 e. The van der Waals surface area contributed by atoms with E-state index >= 15 is 0 Å². The molecule has 3 aliphatic rings. The van der Waals surface area contributed by atoms with Gasteiger partial charge in [0.15, 0.2) is 0 Å². The van der Waals surface area contributed by atoms with Crippen molar-refractivity contribution in [3.63, 3.8) is 0 Å². The summed E-state index contributed by atoms with van der Waals surface area (Å²) in [5.74, 6) is 4.81. The third kappa shape index (κ3) is 3.10. The van der Waals surface area contributed by atoms with Gasteiger partial charge in [0.05, 0.1) is 0 Å². The van der Waals surface area contributed by atoms with Crippen molar-refractivity contribution in [2.75, 3.05) is 24.6 Å². The molecule has 2 heterocycles. The summed E-state index contributed by atoms with van der Waals surface area (Å²) in [5, 5.41) is 0. The van der Waals surface area contributed by atoms with Gasteiger partial charge in [0.2, 0.25) is 5.91 Å². The molecule has 108 valence electrons. The van der Waals surface area contributed by atoms with Gasteiger partial charge in [-0.05, 0) is 54.9 Å². The molecular weight excluding hydrogens is 256 g/mol. The molecule has 3 unspecified atom stereocenters. The van der Waals surface area contributed by atoms with Crippen LogP contribution in [-0.2, 0) is 4.79 Å². The van der Waals surface area contributed by atoms with Gasteiger partial charge >= 0.3 is 0 Å². The number of nitrogens with two attached hydrogens (primary N) is 1. The second-order valence-corrected chi connectivity index (χ2v) is 7.80. The maximum atomic E-state index is 12.4. The second kappa shape index (κ2) is 6.04. The first kappa shape index (κ1) is 13.7. The average molecular weight is 282 g/mol. The first-order valence-corrected chi connectivity index (χ1v) is 9.00. The fourth-order valence-corrected chi connectivity index (χ4v) is 5.25. The highest BCUT2D eigenvalue weighted by Crippen LogP contribution is 2.36. The number of thioether (sulfide) groups is 1. The highest BCUT2D eigenvalue weighted by molar-refractivity contribution is 7.99. The summed E-state index contributed by atoms with van der Waals surface area (Å²) in [7, 11) is 0. The van der Waals surface area contributed by atoms with E-state index < -0.39 is 0 Å². The van der Waals surface area contributed by atoms with Gasteiger partial charge in [-0.2, -0.15) is 11.8 Å². The minimum atomic E-state index is 0.336. The van der Waals surface area contributed by atoms with Crippen LogP contribution in [0.1, 0.15) is 38.5 Å². The fourth-order valence-electron chi connectivity index (χ4n) is 4.05. The van der Waals surface area contributed by atoms with Crippen molar-refractivity contribution in [2.24, 2.45) is 23.5 Å². The van der Waals surface area contributed by atoms with E-state index in [1.165, 1.54) is 37.2 Å². The predicted molar refractivity (Wildman–Crippen MR) is 80.1 cm³/mol. The van der Waals surface area contributed by atoms with Crippen LogP contribution in [0, 0.1) is 17.8 Å². The second-order valence-electron chi connectivity index (χ2n) is 6.58. The van der Waals surface area contributed by atoms with Crippen molar-refractivity contribution in [2.45, 2.75) is 44.6 Å². The van der Waals surface area contributed by atoms with Crippen LogP contribution in [-0.4, -0.2) is 41.4 Å². The molecule has 0 radical (unpaired) electrons. The molecule has 19 heavy (non-hydrogen) atoms. The first-order chi connectivity index (χ1) is 9.24. The molecule has 0 aromatic rings. The number of carbonyl (C=O) groups is 1. The number of likely N-dealkylation sites (tertiary alicyclic amines) is 1. The Hall–Kier alpha value is -0.220. The van der Waals surface area contributed by atoms with Gasteiger partial charge in [-0.15, -0.1) is 0 Å². The molecule has 0 aromatic heterocycles. The molecule has 0 spiro atoms. The Bertz CT molecular complexity index is 330. The average Bonchev–Trinajstić information content (AvgIpc) is 2.85. The molecule has 1 amide bonds. The third-order valence-corrected chi connectivity index (χ3v) is 6.36. The molecule has 4 heteroatoms. The Kier molecular flexibility index (Phi) is 4.37. The van der Waals surface area contributed by atoms with E-state index in [0.29, 0.717) is 29.7 Å². The van der Waals surface area contributed by atoms with Gasteiger partial charge in [-0.25, -0.2) is 0 Å². The lowest BCUT2D eigenvalue weighted by molar-refractivity contribution is -0.131. The number of hydrogen-bond donors (Lipinski definition) is 1. The predicted octanol–water partition coefficient (Wildman–Crippen LogP) is 2.11. The molecule has 1 aliphatic carbocycles. The number of hydrogen-bond acceptors (Lipinski definition) is 3. The smallest absolute Gasteiger partial charge is 0.222 e. The molecule has 2 aliphatic heterocycles. The van der Waals surface area contributed by atoms with Crippen molar-refractivity contribution < 1.29 is 4.79 Å². The molecule has 1 saturated carbocycles. The van der Waals surface area contributed by atoms with Crippen LogP contribution in [0.3, 0.4) is 0 Å². The molecular formula is C15H26N2OS. The number of rotatable bonds is 2. The van der Waals surface area contributed by atoms with Crippen molar-refractivity contribution >= 4 is 17.7 Å². The third-order valence-electron chi connectivity index (χ3n) is 5.31. The van der Waals surface area contributed by atoms with Crippen LogP contribution in [0.2, 0.25) is 0 Å². The van der Waals surface area contributed by atoms with Crippen molar-refractivity contribution in [3.05, 3.63) is 0 Å². The topological polar surface area (TPSA) is 46.3 Å². The maximum absolute atomic E-state index is 12.4. The summed E-state index contributed by atoms with van der Waals surface area (Å²) in [4.78, 5) is 14.6. The molecule has 3 atom stereocenters. The zero-order chi connectivity index (χ0) is 13.2. The molecule has 0 aromatic carbocycles. The van der Waals surface area contributed by atoms with E-state index in [0.717, 1.165) is 25.9 Å². The Morgan fingerprint density at radius 2 is 1.95 bits per heavy atom. The lowest BCUT2D eigenvalue weighted by Crippen LogP contribution is -2.38. The van der Waals surface area contributed by atoms with Crippen molar-refractivity contribution in [3.8, 4) is 0 Å². The monoisotopic (exact) mass is 282 g/mol. The van der Waals surface area contributed by atoms with Crippen LogP contribution >= 0.6 is 11.8 Å². The van der Waals surface area contributed by atoms with Gasteiger partial charge in [-0.3, -0.25) is 4.79 Å². The van der Waals surface area contributed by atoms with Gasteiger partial charge in [-0.1, -0.05) is 6.42 Å². The lowest BCUT2D eigenvalue weighted by atomic mass is 9.78. The molecule has 2 saturated heterocycles. The van der Waals surface area contributed by atoms with Crippen LogP contribution in [0.5, 0.6) is 0 Å². The maximum Gasteiger partial charge on any atom is 0.222 e. The molecule has 3 rings (SSSR count). The summed E-state index contributed by atoms with van der Waals surface area (Å²) in [6, 6.07) is 0.336. The Morgan fingerprint density at radius 1 is 1.16 bits per heavy atom. The summed E-state index contributed by atoms with van der Waals surface area (Å²) in [6.07, 6.45) is 6.94. The number of fused-ring (bicyclic) bond motifs is 1. The number of amides is 1. The van der Waals surface area contributed by atoms with Crippen LogP contribution in [0.15, 0.2) is 0 Å². The first-order valence-electron chi connectivity index (χ1n) is 7.85. The van der Waals surface area contributed by atoms with Crippen LogP contribution in [0.4, 0.5) is 0 Å². The van der Waals surface area contributed by atoms with Crippen LogP contribution in [0.25, 0.3) is 0 Å². The lowest BCUT2D eigenvalue weighted by Gasteiger charge is -2.29. The van der Waals surface area contributed by atoms with E-state index in [2.05, 4.69) is 4.90 Å². The summed E-state index contributed by atoms with van der Waals surface area (Å²) in [5.41, 5.74) is 6.23. The minimum absolute atomic E-state index is 0.336.